The first kappa shape index (κ1) is 14.4. The Hall–Kier alpha value is -1.63. The van der Waals surface area contributed by atoms with E-state index in [1.165, 1.54) is 16.7 Å². The molecule has 0 spiro atoms. The second-order valence-corrected chi connectivity index (χ2v) is 5.62. The molecule has 0 unspecified atom stereocenters. The van der Waals surface area contributed by atoms with E-state index >= 15 is 0 Å². The van der Waals surface area contributed by atoms with Gasteiger partial charge in [-0.15, -0.1) is 0 Å². The number of aliphatic imine (C=N–C) groups is 1. The molecular weight excluding hydrogens is 218 g/mol. The topological polar surface area (TPSA) is 12.4 Å². The van der Waals surface area contributed by atoms with Crippen molar-refractivity contribution in [3.8, 4) is 0 Å². The maximum Gasteiger partial charge on any atom is 0.0524 e. The molecule has 0 heterocycles. The maximum absolute atomic E-state index is 4.50. The minimum absolute atomic E-state index is 0.00779. The zero-order valence-electron chi connectivity index (χ0n) is 12.1. The van der Waals surface area contributed by atoms with Gasteiger partial charge in [0.1, 0.15) is 0 Å². The Kier molecular flexibility index (Phi) is 5.08. The lowest BCUT2D eigenvalue weighted by atomic mass is 10.1. The van der Waals surface area contributed by atoms with Crippen LogP contribution in [0.3, 0.4) is 0 Å². The fraction of sp³-hybridized carbons (Fsp3) is 0.353. The standard InChI is InChI=1S/C17H23N/c1-14(12-16-9-7-6-8-10-16)11-15(2)13-18-17(3,4)5/h6-13H,1-5H3/b14-12+,15-11+,18-13?. The maximum atomic E-state index is 4.50. The van der Waals surface area contributed by atoms with Crippen LogP contribution in [-0.2, 0) is 0 Å². The molecule has 0 aliphatic rings. The minimum atomic E-state index is -0.00779. The van der Waals surface area contributed by atoms with E-state index in [0.29, 0.717) is 0 Å². The van der Waals surface area contributed by atoms with Crippen LogP contribution in [0.1, 0.15) is 40.2 Å². The molecule has 96 valence electrons. The third kappa shape index (κ3) is 6.19. The summed E-state index contributed by atoms with van der Waals surface area (Å²) in [5.74, 6) is 0. The van der Waals surface area contributed by atoms with Crippen LogP contribution in [0.2, 0.25) is 0 Å². The Balaban J connectivity index is 2.77. The summed E-state index contributed by atoms with van der Waals surface area (Å²) in [5, 5.41) is 0. The molecule has 0 aliphatic carbocycles. The quantitative estimate of drug-likeness (QED) is 0.527. The zero-order valence-corrected chi connectivity index (χ0v) is 12.1. The predicted molar refractivity (Wildman–Crippen MR) is 82.1 cm³/mol. The SMILES string of the molecule is C/C(C=NC(C)(C)C)=C\C(C)=C\c1ccccc1. The highest BCUT2D eigenvalue weighted by molar-refractivity contribution is 5.79. The van der Waals surface area contributed by atoms with Crippen molar-refractivity contribution in [1.29, 1.82) is 0 Å². The third-order valence-corrected chi connectivity index (χ3v) is 2.30. The first-order chi connectivity index (χ1) is 8.37. The third-order valence-electron chi connectivity index (χ3n) is 2.30. The van der Waals surface area contributed by atoms with Crippen LogP contribution in [0.4, 0.5) is 0 Å². The van der Waals surface area contributed by atoms with Gasteiger partial charge in [0.2, 0.25) is 0 Å². The van der Waals surface area contributed by atoms with Gasteiger partial charge < -0.3 is 0 Å². The number of rotatable bonds is 3. The molecule has 18 heavy (non-hydrogen) atoms. The highest BCUT2D eigenvalue weighted by Gasteiger charge is 2.04. The average Bonchev–Trinajstić information content (AvgIpc) is 2.26. The largest absolute Gasteiger partial charge is 0.287 e. The molecule has 1 aromatic rings. The van der Waals surface area contributed by atoms with Gasteiger partial charge in [-0.25, -0.2) is 0 Å². The zero-order chi connectivity index (χ0) is 13.6. The molecule has 1 heteroatoms. The highest BCUT2D eigenvalue weighted by Crippen LogP contribution is 2.10. The molecule has 0 N–H and O–H groups in total. The Morgan fingerprint density at radius 2 is 1.61 bits per heavy atom. The van der Waals surface area contributed by atoms with Gasteiger partial charge in [-0.2, -0.15) is 0 Å². The van der Waals surface area contributed by atoms with E-state index in [2.05, 4.69) is 76.0 Å². The fourth-order valence-electron chi connectivity index (χ4n) is 1.55. The van der Waals surface area contributed by atoms with Crippen molar-refractivity contribution in [2.45, 2.75) is 40.2 Å². The number of nitrogens with zero attached hydrogens (tertiary/aromatic N) is 1. The van der Waals surface area contributed by atoms with Crippen molar-refractivity contribution < 1.29 is 0 Å². The molecule has 0 saturated heterocycles. The van der Waals surface area contributed by atoms with Crippen LogP contribution in [0, 0.1) is 0 Å². The molecule has 0 amide bonds. The van der Waals surface area contributed by atoms with E-state index in [1.54, 1.807) is 0 Å². The Morgan fingerprint density at radius 1 is 1.00 bits per heavy atom. The molecule has 0 fully saturated rings. The Labute approximate surface area is 111 Å². The van der Waals surface area contributed by atoms with E-state index in [9.17, 15) is 0 Å². The van der Waals surface area contributed by atoms with Gasteiger partial charge in [-0.3, -0.25) is 4.99 Å². The summed E-state index contributed by atoms with van der Waals surface area (Å²) in [7, 11) is 0. The number of allylic oxidation sites excluding steroid dienone is 3. The number of benzene rings is 1. The summed E-state index contributed by atoms with van der Waals surface area (Å²) in [6, 6.07) is 10.4. The molecule has 0 aliphatic heterocycles. The summed E-state index contributed by atoms with van der Waals surface area (Å²) in [6.45, 7) is 10.5. The van der Waals surface area contributed by atoms with Gasteiger partial charge in [0.15, 0.2) is 0 Å². The lowest BCUT2D eigenvalue weighted by Crippen LogP contribution is -2.09. The van der Waals surface area contributed by atoms with E-state index in [4.69, 9.17) is 0 Å². The normalized spacial score (nSPS) is 14.3. The molecule has 1 aromatic carbocycles. The molecule has 0 radical (unpaired) electrons. The van der Waals surface area contributed by atoms with Gasteiger partial charge in [-0.1, -0.05) is 48.1 Å². The van der Waals surface area contributed by atoms with Crippen LogP contribution in [0.5, 0.6) is 0 Å². The van der Waals surface area contributed by atoms with Crippen LogP contribution < -0.4 is 0 Å². The number of hydrogen-bond donors (Lipinski definition) is 0. The van der Waals surface area contributed by atoms with Crippen molar-refractivity contribution in [2.24, 2.45) is 4.99 Å². The first-order valence-electron chi connectivity index (χ1n) is 6.34. The lowest BCUT2D eigenvalue weighted by molar-refractivity contribution is 0.586. The van der Waals surface area contributed by atoms with E-state index < -0.39 is 0 Å². The van der Waals surface area contributed by atoms with Gasteiger partial charge in [0, 0.05) is 6.21 Å². The van der Waals surface area contributed by atoms with Gasteiger partial charge in [-0.05, 0) is 45.8 Å². The summed E-state index contributed by atoms with van der Waals surface area (Å²) in [6.07, 6.45) is 6.28. The van der Waals surface area contributed by atoms with E-state index in [-0.39, 0.29) is 5.54 Å². The lowest BCUT2D eigenvalue weighted by Gasteiger charge is -2.10. The summed E-state index contributed by atoms with van der Waals surface area (Å²) < 4.78 is 0. The van der Waals surface area contributed by atoms with Gasteiger partial charge in [0.05, 0.1) is 5.54 Å². The van der Waals surface area contributed by atoms with Crippen LogP contribution in [-0.4, -0.2) is 11.8 Å². The second-order valence-electron chi connectivity index (χ2n) is 5.62. The summed E-state index contributed by atoms with van der Waals surface area (Å²) in [5.41, 5.74) is 3.63. The van der Waals surface area contributed by atoms with Crippen LogP contribution >= 0.6 is 0 Å². The smallest absolute Gasteiger partial charge is 0.0524 e. The fourth-order valence-corrected chi connectivity index (χ4v) is 1.55. The Morgan fingerprint density at radius 3 is 2.17 bits per heavy atom. The molecule has 0 bridgehead atoms. The van der Waals surface area contributed by atoms with Crippen molar-refractivity contribution in [3.05, 3.63) is 53.1 Å². The van der Waals surface area contributed by atoms with Crippen LogP contribution in [0.15, 0.2) is 52.5 Å². The molecule has 1 nitrogen and oxygen atoms in total. The van der Waals surface area contributed by atoms with Crippen molar-refractivity contribution in [2.75, 3.05) is 0 Å². The Bertz CT molecular complexity index is 456. The summed E-state index contributed by atoms with van der Waals surface area (Å²) >= 11 is 0. The molecular formula is C17H23N. The molecule has 0 atom stereocenters. The summed E-state index contributed by atoms with van der Waals surface area (Å²) in [4.78, 5) is 4.50. The predicted octanol–water partition coefficient (Wildman–Crippen LogP) is 4.91. The van der Waals surface area contributed by atoms with Crippen molar-refractivity contribution in [1.82, 2.24) is 0 Å². The van der Waals surface area contributed by atoms with E-state index in [1.807, 2.05) is 12.3 Å². The van der Waals surface area contributed by atoms with Crippen LogP contribution in [0.25, 0.3) is 6.08 Å². The highest BCUT2D eigenvalue weighted by atomic mass is 14.8. The van der Waals surface area contributed by atoms with Gasteiger partial charge in [0.25, 0.3) is 0 Å². The number of hydrogen-bond acceptors (Lipinski definition) is 1. The van der Waals surface area contributed by atoms with Gasteiger partial charge >= 0.3 is 0 Å². The second kappa shape index (κ2) is 6.34. The van der Waals surface area contributed by atoms with E-state index in [0.717, 1.165) is 0 Å². The minimum Gasteiger partial charge on any atom is -0.287 e. The molecule has 0 aromatic heterocycles. The first-order valence-corrected chi connectivity index (χ1v) is 6.34. The molecule has 0 saturated carbocycles. The molecule has 1 rings (SSSR count). The van der Waals surface area contributed by atoms with Crippen molar-refractivity contribution >= 4 is 12.3 Å². The average molecular weight is 241 g/mol. The monoisotopic (exact) mass is 241 g/mol. The van der Waals surface area contributed by atoms with Crippen molar-refractivity contribution in [3.63, 3.8) is 0 Å².